The summed E-state index contributed by atoms with van der Waals surface area (Å²) in [7, 11) is 0. The fourth-order valence-corrected chi connectivity index (χ4v) is 2.04. The third-order valence-electron chi connectivity index (χ3n) is 2.82. The second kappa shape index (κ2) is 5.03. The van der Waals surface area contributed by atoms with Crippen molar-refractivity contribution in [2.45, 2.75) is 45.6 Å². The summed E-state index contributed by atoms with van der Waals surface area (Å²) in [6.45, 7) is 5.31. The van der Waals surface area contributed by atoms with Crippen LogP contribution in [0.2, 0.25) is 0 Å². The molecular formula is C15H18O4. The largest absolute Gasteiger partial charge is 0.514 e. The molecule has 0 fully saturated rings. The highest BCUT2D eigenvalue weighted by molar-refractivity contribution is 5.98. The zero-order chi connectivity index (χ0) is 14.0. The van der Waals surface area contributed by atoms with E-state index in [-0.39, 0.29) is 5.78 Å². The summed E-state index contributed by atoms with van der Waals surface area (Å²) in [5.74, 6) is 0.458. The summed E-state index contributed by atoms with van der Waals surface area (Å²) < 4.78 is 10.2. The van der Waals surface area contributed by atoms with Gasteiger partial charge in [-0.05, 0) is 51.3 Å². The number of Topliss-reactive ketones (excluding diaryl/α,β-unsaturated/α-hetero) is 1. The van der Waals surface area contributed by atoms with Crippen molar-refractivity contribution in [3.05, 3.63) is 29.3 Å². The fraction of sp³-hybridized carbons (Fsp3) is 0.467. The Labute approximate surface area is 112 Å². The smallest absolute Gasteiger partial charge is 0.428 e. The molecule has 1 aromatic carbocycles. The van der Waals surface area contributed by atoms with Gasteiger partial charge in [0.05, 0.1) is 0 Å². The van der Waals surface area contributed by atoms with Crippen LogP contribution in [0.3, 0.4) is 0 Å². The van der Waals surface area contributed by atoms with Gasteiger partial charge in [-0.25, -0.2) is 4.79 Å². The zero-order valence-corrected chi connectivity index (χ0v) is 11.5. The number of carbonyl (C=O) groups is 2. The number of fused-ring (bicyclic) bond motifs is 1. The monoisotopic (exact) mass is 262 g/mol. The molecule has 2 rings (SSSR count). The number of hydrogen-bond acceptors (Lipinski definition) is 4. The van der Waals surface area contributed by atoms with Crippen LogP contribution in [-0.4, -0.2) is 17.5 Å². The van der Waals surface area contributed by atoms with E-state index in [1.54, 1.807) is 32.9 Å². The van der Waals surface area contributed by atoms with Gasteiger partial charge in [0.15, 0.2) is 5.78 Å². The summed E-state index contributed by atoms with van der Waals surface area (Å²) in [5.41, 5.74) is 1.08. The molecule has 0 unspecified atom stereocenters. The van der Waals surface area contributed by atoms with Crippen LogP contribution in [0.25, 0.3) is 0 Å². The van der Waals surface area contributed by atoms with E-state index >= 15 is 0 Å². The van der Waals surface area contributed by atoms with Gasteiger partial charge in [-0.2, -0.15) is 0 Å². The minimum atomic E-state index is -0.754. The highest BCUT2D eigenvalue weighted by atomic mass is 16.7. The summed E-state index contributed by atoms with van der Waals surface area (Å²) in [5, 5.41) is 0. The Kier molecular flexibility index (Phi) is 3.60. The summed E-state index contributed by atoms with van der Waals surface area (Å²) >= 11 is 0. The maximum atomic E-state index is 11.8. The quantitative estimate of drug-likeness (QED) is 0.574. The maximum Gasteiger partial charge on any atom is 0.514 e. The normalized spacial score (nSPS) is 14.8. The second-order valence-corrected chi connectivity index (χ2v) is 5.66. The van der Waals surface area contributed by atoms with Crippen LogP contribution < -0.4 is 4.74 Å². The Balaban J connectivity index is 2.12. The molecule has 4 heteroatoms. The van der Waals surface area contributed by atoms with Crippen LogP contribution in [0.15, 0.2) is 18.2 Å². The Morgan fingerprint density at radius 2 is 1.95 bits per heavy atom. The van der Waals surface area contributed by atoms with Crippen LogP contribution in [0.5, 0.6) is 5.75 Å². The van der Waals surface area contributed by atoms with Gasteiger partial charge in [0.25, 0.3) is 0 Å². The maximum absolute atomic E-state index is 11.8. The molecule has 0 aromatic heterocycles. The molecule has 4 nitrogen and oxygen atoms in total. The van der Waals surface area contributed by atoms with Crippen LogP contribution >= 0.6 is 0 Å². The number of ketones is 1. The van der Waals surface area contributed by atoms with Crippen LogP contribution in [0, 0.1) is 0 Å². The number of carbonyl (C=O) groups excluding carboxylic acids is 2. The van der Waals surface area contributed by atoms with Gasteiger partial charge >= 0.3 is 6.16 Å². The molecule has 0 atom stereocenters. The second-order valence-electron chi connectivity index (χ2n) is 5.66. The number of rotatable bonds is 1. The molecule has 0 radical (unpaired) electrons. The number of hydrogen-bond donors (Lipinski definition) is 0. The summed E-state index contributed by atoms with van der Waals surface area (Å²) in [6.07, 6.45) is 1.59. The van der Waals surface area contributed by atoms with Crippen molar-refractivity contribution in [1.29, 1.82) is 0 Å². The Morgan fingerprint density at radius 1 is 1.21 bits per heavy atom. The molecule has 1 aliphatic rings. The van der Waals surface area contributed by atoms with Crippen molar-refractivity contribution >= 4 is 11.9 Å². The van der Waals surface area contributed by atoms with Gasteiger partial charge in [-0.3, -0.25) is 4.79 Å². The number of ether oxygens (including phenoxy) is 2. The van der Waals surface area contributed by atoms with E-state index in [0.29, 0.717) is 17.7 Å². The van der Waals surface area contributed by atoms with E-state index in [0.717, 1.165) is 18.4 Å². The van der Waals surface area contributed by atoms with E-state index in [4.69, 9.17) is 9.47 Å². The van der Waals surface area contributed by atoms with Crippen LogP contribution in [0.1, 0.15) is 49.5 Å². The van der Waals surface area contributed by atoms with Gasteiger partial charge < -0.3 is 9.47 Å². The molecule has 1 aromatic rings. The van der Waals surface area contributed by atoms with Gasteiger partial charge in [0, 0.05) is 12.0 Å². The molecule has 0 N–H and O–H groups in total. The molecule has 0 aliphatic heterocycles. The molecule has 0 bridgehead atoms. The van der Waals surface area contributed by atoms with Crippen molar-refractivity contribution < 1.29 is 19.1 Å². The minimum absolute atomic E-state index is 0.107. The molecule has 1 aliphatic carbocycles. The first-order valence-corrected chi connectivity index (χ1v) is 6.42. The molecule has 102 valence electrons. The summed E-state index contributed by atoms with van der Waals surface area (Å²) in [6, 6.07) is 5.16. The highest BCUT2D eigenvalue weighted by Crippen LogP contribution is 2.25. The number of aryl methyl sites for hydroxylation is 1. The lowest BCUT2D eigenvalue weighted by Gasteiger charge is -2.19. The lowest BCUT2D eigenvalue weighted by atomic mass is 9.91. The van der Waals surface area contributed by atoms with E-state index in [2.05, 4.69) is 0 Å². The molecule has 0 saturated heterocycles. The lowest BCUT2D eigenvalue weighted by molar-refractivity contribution is 0.0205. The highest BCUT2D eigenvalue weighted by Gasteiger charge is 2.21. The molecule has 0 heterocycles. The Hall–Kier alpha value is -1.84. The van der Waals surface area contributed by atoms with Gasteiger partial charge in [0.2, 0.25) is 0 Å². The van der Waals surface area contributed by atoms with Crippen molar-refractivity contribution in [3.63, 3.8) is 0 Å². The molecule has 0 spiro atoms. The average Bonchev–Trinajstić information content (AvgIpc) is 2.27. The van der Waals surface area contributed by atoms with Crippen LogP contribution in [0.4, 0.5) is 4.79 Å². The third kappa shape index (κ3) is 3.56. The third-order valence-corrected chi connectivity index (χ3v) is 2.82. The average molecular weight is 262 g/mol. The molecular weight excluding hydrogens is 244 g/mol. The molecule has 0 amide bonds. The van der Waals surface area contributed by atoms with Gasteiger partial charge in [0.1, 0.15) is 11.4 Å². The fourth-order valence-electron chi connectivity index (χ4n) is 2.04. The first-order valence-electron chi connectivity index (χ1n) is 6.42. The number of benzene rings is 1. The lowest BCUT2D eigenvalue weighted by Crippen LogP contribution is -2.26. The van der Waals surface area contributed by atoms with Crippen molar-refractivity contribution in [3.8, 4) is 5.75 Å². The first kappa shape index (κ1) is 13.6. The van der Waals surface area contributed by atoms with E-state index in [1.807, 2.05) is 6.07 Å². The molecule has 19 heavy (non-hydrogen) atoms. The SMILES string of the molecule is CC(C)(C)OC(=O)Oc1ccc2c(c1)C(=O)CCC2. The predicted molar refractivity (Wildman–Crippen MR) is 70.6 cm³/mol. The summed E-state index contributed by atoms with van der Waals surface area (Å²) in [4.78, 5) is 23.3. The topological polar surface area (TPSA) is 52.6 Å². The van der Waals surface area contributed by atoms with E-state index < -0.39 is 11.8 Å². The predicted octanol–water partition coefficient (Wildman–Crippen LogP) is 3.52. The minimum Gasteiger partial charge on any atom is -0.428 e. The van der Waals surface area contributed by atoms with Crippen LogP contribution in [-0.2, 0) is 11.2 Å². The van der Waals surface area contributed by atoms with Crippen molar-refractivity contribution in [2.75, 3.05) is 0 Å². The standard InChI is InChI=1S/C15H18O4/c1-15(2,3)19-14(17)18-11-8-7-10-5-4-6-13(16)12(10)9-11/h7-9H,4-6H2,1-3H3. The van der Waals surface area contributed by atoms with E-state index in [9.17, 15) is 9.59 Å². The first-order chi connectivity index (χ1) is 8.85. The zero-order valence-electron chi connectivity index (χ0n) is 11.5. The van der Waals surface area contributed by atoms with Gasteiger partial charge in [-0.1, -0.05) is 6.07 Å². The molecule has 0 saturated carbocycles. The van der Waals surface area contributed by atoms with Gasteiger partial charge in [-0.15, -0.1) is 0 Å². The Morgan fingerprint density at radius 3 is 2.63 bits per heavy atom. The van der Waals surface area contributed by atoms with E-state index in [1.165, 1.54) is 0 Å². The Bertz CT molecular complexity index is 511. The van der Waals surface area contributed by atoms with Crippen molar-refractivity contribution in [1.82, 2.24) is 0 Å². The van der Waals surface area contributed by atoms with Crippen molar-refractivity contribution in [2.24, 2.45) is 0 Å².